The number of hydrogen-bond acceptors (Lipinski definition) is 2. The molecule has 1 N–H and O–H groups in total. The summed E-state index contributed by atoms with van der Waals surface area (Å²) in [7, 11) is 0. The van der Waals surface area contributed by atoms with E-state index < -0.39 is 0 Å². The fraction of sp³-hybridized carbons (Fsp3) is 0.643. The van der Waals surface area contributed by atoms with E-state index >= 15 is 0 Å². The van der Waals surface area contributed by atoms with Crippen LogP contribution in [0, 0.1) is 0 Å². The molecule has 1 rings (SSSR count). The number of hydrogen-bond donors (Lipinski definition) is 1. The maximum absolute atomic E-state index is 4.31. The van der Waals surface area contributed by atoms with E-state index in [-0.39, 0.29) is 0 Å². The molecule has 90 valence electrons. The fourth-order valence-electron chi connectivity index (χ4n) is 1.80. The Morgan fingerprint density at radius 1 is 1.31 bits per heavy atom. The van der Waals surface area contributed by atoms with Crippen LogP contribution in [0.15, 0.2) is 24.4 Å². The zero-order valence-corrected chi connectivity index (χ0v) is 10.6. The van der Waals surface area contributed by atoms with E-state index in [4.69, 9.17) is 0 Å². The van der Waals surface area contributed by atoms with Crippen molar-refractivity contribution < 1.29 is 0 Å². The second-order valence-corrected chi connectivity index (χ2v) is 4.42. The maximum atomic E-state index is 4.31. The highest BCUT2D eigenvalue weighted by atomic mass is 14.9. The van der Waals surface area contributed by atoms with Crippen molar-refractivity contribution in [3.05, 3.63) is 30.1 Å². The van der Waals surface area contributed by atoms with Gasteiger partial charge in [0.1, 0.15) is 0 Å². The van der Waals surface area contributed by atoms with Gasteiger partial charge < -0.3 is 5.32 Å². The highest BCUT2D eigenvalue weighted by molar-refractivity contribution is 5.03. The van der Waals surface area contributed by atoms with Crippen LogP contribution in [0.3, 0.4) is 0 Å². The molecule has 1 unspecified atom stereocenters. The van der Waals surface area contributed by atoms with Gasteiger partial charge in [-0.05, 0) is 25.5 Å². The van der Waals surface area contributed by atoms with E-state index in [0.717, 1.165) is 13.0 Å². The normalized spacial score (nSPS) is 12.6. The third-order valence-electron chi connectivity index (χ3n) is 2.84. The average molecular weight is 220 g/mol. The van der Waals surface area contributed by atoms with Crippen LogP contribution in [0.4, 0.5) is 0 Å². The Bertz CT molecular complexity index is 259. The lowest BCUT2D eigenvalue weighted by molar-refractivity contribution is 0.489. The second kappa shape index (κ2) is 8.28. The number of pyridine rings is 1. The summed E-state index contributed by atoms with van der Waals surface area (Å²) in [4.78, 5) is 4.31. The Morgan fingerprint density at radius 3 is 2.88 bits per heavy atom. The summed E-state index contributed by atoms with van der Waals surface area (Å²) >= 11 is 0. The van der Waals surface area contributed by atoms with Gasteiger partial charge in [0.2, 0.25) is 0 Å². The van der Waals surface area contributed by atoms with Gasteiger partial charge in [-0.15, -0.1) is 0 Å². The Labute approximate surface area is 99.5 Å². The van der Waals surface area contributed by atoms with E-state index in [1.165, 1.54) is 31.4 Å². The van der Waals surface area contributed by atoms with Crippen LogP contribution in [0.1, 0.15) is 45.2 Å². The molecule has 1 atom stereocenters. The second-order valence-electron chi connectivity index (χ2n) is 4.42. The SMILES string of the molecule is CCCCCC(C)NCCc1ccccn1. The minimum atomic E-state index is 0.635. The Kier molecular flexibility index (Phi) is 6.82. The molecule has 0 saturated carbocycles. The van der Waals surface area contributed by atoms with Gasteiger partial charge in [-0.2, -0.15) is 0 Å². The van der Waals surface area contributed by atoms with Gasteiger partial charge in [-0.25, -0.2) is 0 Å². The monoisotopic (exact) mass is 220 g/mol. The minimum absolute atomic E-state index is 0.635. The standard InChI is InChI=1S/C14H24N2/c1-3-4-5-8-13(2)15-12-10-14-9-6-7-11-16-14/h6-7,9,11,13,15H,3-5,8,10,12H2,1-2H3. The average Bonchev–Trinajstić information content (AvgIpc) is 2.31. The molecule has 16 heavy (non-hydrogen) atoms. The van der Waals surface area contributed by atoms with Crippen LogP contribution in [-0.4, -0.2) is 17.6 Å². The number of rotatable bonds is 8. The van der Waals surface area contributed by atoms with Crippen LogP contribution in [0.2, 0.25) is 0 Å². The third-order valence-corrected chi connectivity index (χ3v) is 2.84. The van der Waals surface area contributed by atoms with Crippen molar-refractivity contribution in [3.63, 3.8) is 0 Å². The van der Waals surface area contributed by atoms with Gasteiger partial charge >= 0.3 is 0 Å². The summed E-state index contributed by atoms with van der Waals surface area (Å²) in [6, 6.07) is 6.73. The number of aromatic nitrogens is 1. The molecule has 0 aliphatic heterocycles. The molecule has 0 aliphatic rings. The Balaban J connectivity index is 2.06. The molecule has 0 fully saturated rings. The van der Waals surface area contributed by atoms with Crippen LogP contribution in [0.25, 0.3) is 0 Å². The van der Waals surface area contributed by atoms with Gasteiger partial charge in [-0.3, -0.25) is 4.98 Å². The molecule has 0 spiro atoms. The summed E-state index contributed by atoms with van der Waals surface area (Å²) in [5.41, 5.74) is 1.18. The van der Waals surface area contributed by atoms with Crippen molar-refractivity contribution in [1.82, 2.24) is 10.3 Å². The molecule has 0 bridgehead atoms. The number of nitrogens with zero attached hydrogens (tertiary/aromatic N) is 1. The summed E-state index contributed by atoms with van der Waals surface area (Å²) in [5.74, 6) is 0. The molecule has 1 aromatic heterocycles. The molecule has 2 nitrogen and oxygen atoms in total. The summed E-state index contributed by atoms with van der Waals surface area (Å²) < 4.78 is 0. The molecule has 0 saturated heterocycles. The first kappa shape index (κ1) is 13.2. The molecule has 1 heterocycles. The van der Waals surface area contributed by atoms with Gasteiger partial charge in [0.25, 0.3) is 0 Å². The number of unbranched alkanes of at least 4 members (excludes halogenated alkanes) is 2. The van der Waals surface area contributed by atoms with E-state index in [1.54, 1.807) is 0 Å². The van der Waals surface area contributed by atoms with Crippen LogP contribution in [-0.2, 0) is 6.42 Å². The smallest absolute Gasteiger partial charge is 0.0416 e. The summed E-state index contributed by atoms with van der Waals surface area (Å²) in [6.45, 7) is 5.55. The molecular weight excluding hydrogens is 196 g/mol. The first-order chi connectivity index (χ1) is 7.83. The largest absolute Gasteiger partial charge is 0.314 e. The predicted molar refractivity (Wildman–Crippen MR) is 69.5 cm³/mol. The maximum Gasteiger partial charge on any atom is 0.0416 e. The zero-order valence-electron chi connectivity index (χ0n) is 10.6. The molecule has 2 heteroatoms. The van der Waals surface area contributed by atoms with Crippen LogP contribution >= 0.6 is 0 Å². The molecule has 1 aromatic rings. The molecule has 0 aromatic carbocycles. The zero-order chi connectivity index (χ0) is 11.6. The molecular formula is C14H24N2. The van der Waals surface area contributed by atoms with Crippen LogP contribution in [0.5, 0.6) is 0 Å². The van der Waals surface area contributed by atoms with Gasteiger partial charge in [0.15, 0.2) is 0 Å². The van der Waals surface area contributed by atoms with E-state index in [0.29, 0.717) is 6.04 Å². The van der Waals surface area contributed by atoms with Crippen molar-refractivity contribution in [3.8, 4) is 0 Å². The lowest BCUT2D eigenvalue weighted by Crippen LogP contribution is -2.28. The first-order valence-corrected chi connectivity index (χ1v) is 6.46. The lowest BCUT2D eigenvalue weighted by Gasteiger charge is -2.13. The first-order valence-electron chi connectivity index (χ1n) is 6.46. The highest BCUT2D eigenvalue weighted by Gasteiger charge is 2.00. The van der Waals surface area contributed by atoms with E-state index in [2.05, 4.69) is 30.2 Å². The highest BCUT2D eigenvalue weighted by Crippen LogP contribution is 2.02. The molecule has 0 radical (unpaired) electrons. The molecule has 0 amide bonds. The quantitative estimate of drug-likeness (QED) is 0.681. The topological polar surface area (TPSA) is 24.9 Å². The summed E-state index contributed by atoms with van der Waals surface area (Å²) in [5, 5.41) is 3.55. The van der Waals surface area contributed by atoms with Crippen molar-refractivity contribution >= 4 is 0 Å². The Hall–Kier alpha value is -0.890. The van der Waals surface area contributed by atoms with Crippen molar-refractivity contribution in [2.45, 2.75) is 52.0 Å². The molecule has 0 aliphatic carbocycles. The predicted octanol–water partition coefficient (Wildman–Crippen LogP) is 3.18. The third kappa shape index (κ3) is 5.86. The Morgan fingerprint density at radius 2 is 2.19 bits per heavy atom. The van der Waals surface area contributed by atoms with Crippen molar-refractivity contribution in [1.29, 1.82) is 0 Å². The van der Waals surface area contributed by atoms with Crippen LogP contribution < -0.4 is 5.32 Å². The van der Waals surface area contributed by atoms with Gasteiger partial charge in [0, 0.05) is 30.9 Å². The van der Waals surface area contributed by atoms with Crippen molar-refractivity contribution in [2.24, 2.45) is 0 Å². The minimum Gasteiger partial charge on any atom is -0.314 e. The van der Waals surface area contributed by atoms with Gasteiger partial charge in [0.05, 0.1) is 0 Å². The van der Waals surface area contributed by atoms with E-state index in [9.17, 15) is 0 Å². The van der Waals surface area contributed by atoms with Gasteiger partial charge in [-0.1, -0.05) is 32.3 Å². The summed E-state index contributed by atoms with van der Waals surface area (Å²) in [6.07, 6.45) is 8.18. The fourth-order valence-corrected chi connectivity index (χ4v) is 1.80. The van der Waals surface area contributed by atoms with Crippen molar-refractivity contribution in [2.75, 3.05) is 6.54 Å². The van der Waals surface area contributed by atoms with E-state index in [1.807, 2.05) is 18.3 Å². The lowest BCUT2D eigenvalue weighted by atomic mass is 10.1. The number of nitrogens with one attached hydrogen (secondary N) is 1.